The van der Waals surface area contributed by atoms with E-state index >= 15 is 0 Å². The lowest BCUT2D eigenvalue weighted by molar-refractivity contribution is 0.140. The highest BCUT2D eigenvalue weighted by molar-refractivity contribution is 5.56. The van der Waals surface area contributed by atoms with Crippen molar-refractivity contribution in [3.63, 3.8) is 0 Å². The molecule has 5 heteroatoms. The Labute approximate surface area is 106 Å². The van der Waals surface area contributed by atoms with Gasteiger partial charge >= 0.3 is 0 Å². The van der Waals surface area contributed by atoms with E-state index < -0.39 is 0 Å². The van der Waals surface area contributed by atoms with E-state index in [1.807, 2.05) is 19.2 Å². The minimum absolute atomic E-state index is 0.183. The van der Waals surface area contributed by atoms with Crippen LogP contribution in [0, 0.1) is 6.92 Å². The van der Waals surface area contributed by atoms with Gasteiger partial charge in [-0.15, -0.1) is 0 Å². The van der Waals surface area contributed by atoms with E-state index in [9.17, 15) is 0 Å². The summed E-state index contributed by atoms with van der Waals surface area (Å²) in [4.78, 5) is 4.32. The predicted octanol–water partition coefficient (Wildman–Crippen LogP) is 1.69. The zero-order chi connectivity index (χ0) is 12.5. The van der Waals surface area contributed by atoms with Crippen molar-refractivity contribution in [2.75, 3.05) is 0 Å². The lowest BCUT2D eigenvalue weighted by atomic mass is 9.94. The second-order valence-electron chi connectivity index (χ2n) is 5.01. The molecule has 1 saturated carbocycles. The third-order valence-corrected chi connectivity index (χ3v) is 3.42. The van der Waals surface area contributed by atoms with E-state index in [-0.39, 0.29) is 12.1 Å². The first-order valence-corrected chi connectivity index (χ1v) is 6.45. The van der Waals surface area contributed by atoms with Gasteiger partial charge in [-0.1, -0.05) is 0 Å². The van der Waals surface area contributed by atoms with Crippen molar-refractivity contribution in [2.45, 2.75) is 44.8 Å². The van der Waals surface area contributed by atoms with Crippen LogP contribution in [0.4, 0.5) is 0 Å². The van der Waals surface area contributed by atoms with Gasteiger partial charge in [0.15, 0.2) is 0 Å². The second-order valence-corrected chi connectivity index (χ2v) is 5.01. The SMILES string of the molecule is Cc1cc2c(OC3CCCC(N)C3)nccn2n1. The highest BCUT2D eigenvalue weighted by Gasteiger charge is 2.22. The lowest BCUT2D eigenvalue weighted by Gasteiger charge is -2.26. The molecule has 0 aromatic carbocycles. The molecular weight excluding hydrogens is 228 g/mol. The summed E-state index contributed by atoms with van der Waals surface area (Å²) in [5.41, 5.74) is 7.87. The van der Waals surface area contributed by atoms with Crippen molar-refractivity contribution in [2.24, 2.45) is 5.73 Å². The van der Waals surface area contributed by atoms with Gasteiger partial charge in [0.1, 0.15) is 11.6 Å². The van der Waals surface area contributed by atoms with Gasteiger partial charge in [0.05, 0.1) is 5.69 Å². The minimum Gasteiger partial charge on any atom is -0.473 e. The molecule has 3 rings (SSSR count). The molecule has 1 aliphatic rings. The van der Waals surface area contributed by atoms with E-state index in [4.69, 9.17) is 10.5 Å². The van der Waals surface area contributed by atoms with Crippen molar-refractivity contribution in [1.82, 2.24) is 14.6 Å². The number of rotatable bonds is 2. The first-order valence-electron chi connectivity index (χ1n) is 6.45. The Bertz CT molecular complexity index is 551. The molecule has 96 valence electrons. The molecule has 2 unspecified atom stereocenters. The van der Waals surface area contributed by atoms with Gasteiger partial charge in [-0.05, 0) is 38.7 Å². The first kappa shape index (κ1) is 11.5. The van der Waals surface area contributed by atoms with E-state index in [0.29, 0.717) is 5.88 Å². The molecule has 1 aliphatic carbocycles. The van der Waals surface area contributed by atoms with Gasteiger partial charge in [-0.25, -0.2) is 9.50 Å². The van der Waals surface area contributed by atoms with Gasteiger partial charge in [0.2, 0.25) is 5.88 Å². The van der Waals surface area contributed by atoms with E-state index in [1.54, 1.807) is 10.7 Å². The van der Waals surface area contributed by atoms with Crippen LogP contribution in [0.3, 0.4) is 0 Å². The van der Waals surface area contributed by atoms with Crippen molar-refractivity contribution >= 4 is 5.52 Å². The Morgan fingerprint density at radius 3 is 3.17 bits per heavy atom. The molecule has 0 amide bonds. The Kier molecular flexibility index (Phi) is 2.91. The standard InChI is InChI=1S/C13H18N4O/c1-9-7-12-13(15-5-6-17(12)16-9)18-11-4-2-3-10(14)8-11/h5-7,10-11H,2-4,8,14H2,1H3. The molecule has 5 nitrogen and oxygen atoms in total. The van der Waals surface area contributed by atoms with Crippen LogP contribution in [0.1, 0.15) is 31.4 Å². The van der Waals surface area contributed by atoms with Crippen molar-refractivity contribution < 1.29 is 4.74 Å². The third-order valence-electron chi connectivity index (χ3n) is 3.42. The zero-order valence-electron chi connectivity index (χ0n) is 10.5. The van der Waals surface area contributed by atoms with Crippen molar-refractivity contribution in [3.8, 4) is 5.88 Å². The number of hydrogen-bond acceptors (Lipinski definition) is 4. The van der Waals surface area contributed by atoms with Crippen LogP contribution in [-0.2, 0) is 0 Å². The second kappa shape index (κ2) is 4.57. The van der Waals surface area contributed by atoms with Crippen LogP contribution in [0.25, 0.3) is 5.52 Å². The van der Waals surface area contributed by atoms with Crippen LogP contribution >= 0.6 is 0 Å². The molecule has 0 radical (unpaired) electrons. The number of aryl methyl sites for hydroxylation is 1. The van der Waals surface area contributed by atoms with Gasteiger partial charge < -0.3 is 10.5 Å². The third kappa shape index (κ3) is 2.18. The molecule has 2 aromatic heterocycles. The largest absolute Gasteiger partial charge is 0.473 e. The number of hydrogen-bond donors (Lipinski definition) is 1. The molecular formula is C13H18N4O. The molecule has 1 fully saturated rings. The normalized spacial score (nSPS) is 24.3. The average molecular weight is 246 g/mol. The van der Waals surface area contributed by atoms with Gasteiger partial charge in [-0.2, -0.15) is 5.10 Å². The van der Waals surface area contributed by atoms with Crippen LogP contribution < -0.4 is 10.5 Å². The fourth-order valence-electron chi connectivity index (χ4n) is 2.56. The summed E-state index contributed by atoms with van der Waals surface area (Å²) in [5.74, 6) is 0.664. The Balaban J connectivity index is 1.85. The summed E-state index contributed by atoms with van der Waals surface area (Å²) < 4.78 is 7.81. The molecule has 2 atom stereocenters. The summed E-state index contributed by atoms with van der Waals surface area (Å²) in [7, 11) is 0. The van der Waals surface area contributed by atoms with Gasteiger partial charge in [0.25, 0.3) is 0 Å². The molecule has 0 aliphatic heterocycles. The highest BCUT2D eigenvalue weighted by Crippen LogP contribution is 2.24. The predicted molar refractivity (Wildman–Crippen MR) is 68.6 cm³/mol. The molecule has 2 N–H and O–H groups in total. The number of nitrogens with zero attached hydrogens (tertiary/aromatic N) is 3. The quantitative estimate of drug-likeness (QED) is 0.875. The minimum atomic E-state index is 0.183. The van der Waals surface area contributed by atoms with Crippen molar-refractivity contribution in [1.29, 1.82) is 0 Å². The highest BCUT2D eigenvalue weighted by atomic mass is 16.5. The Hall–Kier alpha value is -1.62. The number of nitrogens with two attached hydrogens (primary N) is 1. The number of ether oxygens (including phenoxy) is 1. The summed E-state index contributed by atoms with van der Waals surface area (Å²) in [6.07, 6.45) is 7.94. The fraction of sp³-hybridized carbons (Fsp3) is 0.538. The van der Waals surface area contributed by atoms with E-state index in [2.05, 4.69) is 10.1 Å². The van der Waals surface area contributed by atoms with E-state index in [1.165, 1.54) is 0 Å². The van der Waals surface area contributed by atoms with Gasteiger partial charge in [0, 0.05) is 18.4 Å². The van der Waals surface area contributed by atoms with Crippen molar-refractivity contribution in [3.05, 3.63) is 24.2 Å². The molecule has 2 aromatic rings. The Morgan fingerprint density at radius 2 is 2.33 bits per heavy atom. The van der Waals surface area contributed by atoms with Crippen LogP contribution in [-0.4, -0.2) is 26.7 Å². The zero-order valence-corrected chi connectivity index (χ0v) is 10.5. The maximum absolute atomic E-state index is 6.00. The van der Waals surface area contributed by atoms with E-state index in [0.717, 1.165) is 36.9 Å². The monoisotopic (exact) mass is 246 g/mol. The number of fused-ring (bicyclic) bond motifs is 1. The Morgan fingerprint density at radius 1 is 1.44 bits per heavy atom. The summed E-state index contributed by atoms with van der Waals surface area (Å²) in [6, 6.07) is 2.25. The molecule has 2 heterocycles. The first-order chi connectivity index (χ1) is 8.72. The van der Waals surface area contributed by atoms with Crippen LogP contribution in [0.5, 0.6) is 5.88 Å². The maximum Gasteiger partial charge on any atom is 0.240 e. The average Bonchev–Trinajstić information content (AvgIpc) is 2.71. The summed E-state index contributed by atoms with van der Waals surface area (Å²) in [6.45, 7) is 1.97. The fourth-order valence-corrected chi connectivity index (χ4v) is 2.56. The number of aromatic nitrogens is 3. The molecule has 0 bridgehead atoms. The maximum atomic E-state index is 6.00. The lowest BCUT2D eigenvalue weighted by Crippen LogP contribution is -2.33. The molecule has 0 spiro atoms. The topological polar surface area (TPSA) is 65.4 Å². The van der Waals surface area contributed by atoms with Gasteiger partial charge in [-0.3, -0.25) is 0 Å². The molecule has 18 heavy (non-hydrogen) atoms. The van der Waals surface area contributed by atoms with Crippen LogP contribution in [0.2, 0.25) is 0 Å². The molecule has 0 saturated heterocycles. The smallest absolute Gasteiger partial charge is 0.240 e. The summed E-state index contributed by atoms with van der Waals surface area (Å²) >= 11 is 0. The summed E-state index contributed by atoms with van der Waals surface area (Å²) in [5, 5.41) is 4.35. The van der Waals surface area contributed by atoms with Crippen LogP contribution in [0.15, 0.2) is 18.5 Å².